The first-order chi connectivity index (χ1) is 11.9. The summed E-state index contributed by atoms with van der Waals surface area (Å²) in [6.07, 6.45) is 0.847. The lowest BCUT2D eigenvalue weighted by molar-refractivity contribution is 0.271. The smallest absolute Gasteiger partial charge is 0.160 e. The van der Waals surface area contributed by atoms with Gasteiger partial charge in [0.1, 0.15) is 12.4 Å². The van der Waals surface area contributed by atoms with E-state index in [2.05, 4.69) is 12.2 Å². The Hall–Kier alpha value is -1.91. The van der Waals surface area contributed by atoms with Crippen LogP contribution in [0.4, 0.5) is 0 Å². The van der Waals surface area contributed by atoms with E-state index in [-0.39, 0.29) is 11.8 Å². The van der Waals surface area contributed by atoms with Crippen molar-refractivity contribution in [2.75, 3.05) is 20.3 Å². The SMILES string of the molecule is COc1cc(CCNC(C)COc2c(C)cc(Cl)cc2C)ccc1O. The highest BCUT2D eigenvalue weighted by molar-refractivity contribution is 6.30. The van der Waals surface area contributed by atoms with E-state index in [0.29, 0.717) is 12.4 Å². The second-order valence-electron chi connectivity index (χ2n) is 6.29. The quantitative estimate of drug-likeness (QED) is 0.735. The molecule has 1 unspecified atom stereocenters. The molecule has 2 aromatic carbocycles. The van der Waals surface area contributed by atoms with Gasteiger partial charge in [-0.15, -0.1) is 0 Å². The fourth-order valence-corrected chi connectivity index (χ4v) is 3.06. The molecule has 2 N–H and O–H groups in total. The molecule has 0 saturated heterocycles. The number of phenolic OH excluding ortho intramolecular Hbond substituents is 1. The lowest BCUT2D eigenvalue weighted by atomic mass is 10.1. The summed E-state index contributed by atoms with van der Waals surface area (Å²) in [5, 5.41) is 13.8. The van der Waals surface area contributed by atoms with Gasteiger partial charge in [0.25, 0.3) is 0 Å². The monoisotopic (exact) mass is 363 g/mol. The first-order valence-electron chi connectivity index (χ1n) is 8.39. The van der Waals surface area contributed by atoms with Crippen LogP contribution in [0, 0.1) is 13.8 Å². The van der Waals surface area contributed by atoms with Crippen molar-refractivity contribution >= 4 is 11.6 Å². The molecule has 0 aliphatic rings. The zero-order valence-corrected chi connectivity index (χ0v) is 16.0. The van der Waals surface area contributed by atoms with Crippen LogP contribution < -0.4 is 14.8 Å². The maximum absolute atomic E-state index is 9.62. The van der Waals surface area contributed by atoms with Crippen molar-refractivity contribution in [2.24, 2.45) is 0 Å². The van der Waals surface area contributed by atoms with Gasteiger partial charge in [-0.3, -0.25) is 0 Å². The highest BCUT2D eigenvalue weighted by Gasteiger charge is 2.09. The van der Waals surface area contributed by atoms with E-state index in [4.69, 9.17) is 21.1 Å². The molecule has 2 rings (SSSR count). The molecule has 0 saturated carbocycles. The van der Waals surface area contributed by atoms with Crippen LogP contribution >= 0.6 is 11.6 Å². The molecule has 4 nitrogen and oxygen atoms in total. The van der Waals surface area contributed by atoms with Crippen LogP contribution in [-0.4, -0.2) is 31.4 Å². The summed E-state index contributed by atoms with van der Waals surface area (Å²) >= 11 is 6.05. The first-order valence-corrected chi connectivity index (χ1v) is 8.77. The zero-order valence-electron chi connectivity index (χ0n) is 15.2. The Kier molecular flexibility index (Phi) is 6.97. The van der Waals surface area contributed by atoms with Crippen LogP contribution in [-0.2, 0) is 6.42 Å². The molecule has 0 amide bonds. The number of hydrogen-bond donors (Lipinski definition) is 2. The number of ether oxygens (including phenoxy) is 2. The van der Waals surface area contributed by atoms with Crippen molar-refractivity contribution in [1.29, 1.82) is 0 Å². The summed E-state index contributed by atoms with van der Waals surface area (Å²) in [5.41, 5.74) is 3.21. The van der Waals surface area contributed by atoms with Gasteiger partial charge in [-0.05, 0) is 74.7 Å². The molecule has 2 aromatic rings. The van der Waals surface area contributed by atoms with Gasteiger partial charge in [-0.1, -0.05) is 17.7 Å². The Labute approximate surface area is 154 Å². The van der Waals surface area contributed by atoms with Crippen LogP contribution in [0.2, 0.25) is 5.02 Å². The van der Waals surface area contributed by atoms with Gasteiger partial charge >= 0.3 is 0 Å². The number of methoxy groups -OCH3 is 1. The molecule has 5 heteroatoms. The van der Waals surface area contributed by atoms with Crippen molar-refractivity contribution < 1.29 is 14.6 Å². The molecule has 0 spiro atoms. The minimum absolute atomic E-state index is 0.162. The summed E-state index contributed by atoms with van der Waals surface area (Å²) in [6, 6.07) is 9.47. The number of phenols is 1. The third-order valence-electron chi connectivity index (χ3n) is 4.05. The molecule has 25 heavy (non-hydrogen) atoms. The van der Waals surface area contributed by atoms with Gasteiger partial charge in [0, 0.05) is 11.1 Å². The standard InChI is InChI=1S/C20H26ClNO3/c1-13-9-17(21)10-14(2)20(13)25-12-15(3)22-8-7-16-5-6-18(23)19(11-16)24-4/h5-6,9-11,15,22-23H,7-8,12H2,1-4H3. The molecule has 0 radical (unpaired) electrons. The second-order valence-corrected chi connectivity index (χ2v) is 6.73. The molecule has 0 fully saturated rings. The van der Waals surface area contributed by atoms with Gasteiger partial charge in [0.05, 0.1) is 7.11 Å². The van der Waals surface area contributed by atoms with Gasteiger partial charge in [0.2, 0.25) is 0 Å². The molecular formula is C20H26ClNO3. The minimum atomic E-state index is 0.162. The van der Waals surface area contributed by atoms with Crippen LogP contribution in [0.3, 0.4) is 0 Å². The Morgan fingerprint density at radius 3 is 2.48 bits per heavy atom. The van der Waals surface area contributed by atoms with Crippen LogP contribution in [0.15, 0.2) is 30.3 Å². The molecule has 0 aromatic heterocycles. The average molecular weight is 364 g/mol. The highest BCUT2D eigenvalue weighted by Crippen LogP contribution is 2.27. The summed E-state index contributed by atoms with van der Waals surface area (Å²) in [5.74, 6) is 1.57. The molecule has 0 bridgehead atoms. The Bertz CT molecular complexity index is 695. The fourth-order valence-electron chi connectivity index (χ4n) is 2.73. The Balaban J connectivity index is 1.80. The van der Waals surface area contributed by atoms with E-state index < -0.39 is 0 Å². The van der Waals surface area contributed by atoms with E-state index in [1.165, 1.54) is 0 Å². The molecule has 0 heterocycles. The van der Waals surface area contributed by atoms with Crippen LogP contribution in [0.25, 0.3) is 0 Å². The minimum Gasteiger partial charge on any atom is -0.504 e. The van der Waals surface area contributed by atoms with Gasteiger partial charge in [-0.2, -0.15) is 0 Å². The average Bonchev–Trinajstić information content (AvgIpc) is 2.55. The predicted molar refractivity (Wildman–Crippen MR) is 102 cm³/mol. The number of halogens is 1. The van der Waals surface area contributed by atoms with E-state index >= 15 is 0 Å². The second kappa shape index (κ2) is 8.97. The Morgan fingerprint density at radius 2 is 1.84 bits per heavy atom. The number of aryl methyl sites for hydroxylation is 2. The number of aromatic hydroxyl groups is 1. The van der Waals surface area contributed by atoms with Crippen molar-refractivity contribution in [3.05, 3.63) is 52.0 Å². The van der Waals surface area contributed by atoms with E-state index in [1.807, 2.05) is 38.1 Å². The number of hydrogen-bond acceptors (Lipinski definition) is 4. The highest BCUT2D eigenvalue weighted by atomic mass is 35.5. The molecule has 136 valence electrons. The fraction of sp³-hybridized carbons (Fsp3) is 0.400. The van der Waals surface area contributed by atoms with E-state index in [9.17, 15) is 5.11 Å². The molecule has 1 atom stereocenters. The van der Waals surface area contributed by atoms with Gasteiger partial charge in [-0.25, -0.2) is 0 Å². The lowest BCUT2D eigenvalue weighted by Crippen LogP contribution is -2.33. The van der Waals surface area contributed by atoms with Crippen LogP contribution in [0.5, 0.6) is 17.2 Å². The molecule has 0 aliphatic carbocycles. The molecule has 0 aliphatic heterocycles. The normalized spacial score (nSPS) is 12.0. The van der Waals surface area contributed by atoms with Crippen molar-refractivity contribution in [2.45, 2.75) is 33.2 Å². The van der Waals surface area contributed by atoms with Gasteiger partial charge in [0.15, 0.2) is 11.5 Å². The predicted octanol–water partition coefficient (Wildman–Crippen LogP) is 4.27. The number of rotatable bonds is 8. The maximum Gasteiger partial charge on any atom is 0.160 e. The van der Waals surface area contributed by atoms with Gasteiger partial charge < -0.3 is 19.9 Å². The summed E-state index contributed by atoms with van der Waals surface area (Å²) < 4.78 is 11.1. The summed E-state index contributed by atoms with van der Waals surface area (Å²) in [7, 11) is 1.55. The first kappa shape index (κ1) is 19.4. The number of nitrogens with one attached hydrogen (secondary N) is 1. The molecular weight excluding hydrogens is 338 g/mol. The van der Waals surface area contributed by atoms with Crippen molar-refractivity contribution in [1.82, 2.24) is 5.32 Å². The lowest BCUT2D eigenvalue weighted by Gasteiger charge is -2.18. The Morgan fingerprint density at radius 1 is 1.16 bits per heavy atom. The van der Waals surface area contributed by atoms with E-state index in [1.54, 1.807) is 13.2 Å². The third kappa shape index (κ3) is 5.55. The topological polar surface area (TPSA) is 50.7 Å². The summed E-state index contributed by atoms with van der Waals surface area (Å²) in [4.78, 5) is 0. The third-order valence-corrected chi connectivity index (χ3v) is 4.27. The van der Waals surface area contributed by atoms with Crippen LogP contribution in [0.1, 0.15) is 23.6 Å². The zero-order chi connectivity index (χ0) is 18.4. The van der Waals surface area contributed by atoms with Crippen molar-refractivity contribution in [3.8, 4) is 17.2 Å². The van der Waals surface area contributed by atoms with E-state index in [0.717, 1.165) is 40.4 Å². The summed E-state index contributed by atoms with van der Waals surface area (Å²) in [6.45, 7) is 7.51. The number of benzene rings is 2. The van der Waals surface area contributed by atoms with Crippen molar-refractivity contribution in [3.63, 3.8) is 0 Å². The largest absolute Gasteiger partial charge is 0.504 e. The maximum atomic E-state index is 9.62.